The molecule has 7 heteroatoms. The number of benzene rings is 2. The van der Waals surface area contributed by atoms with Crippen LogP contribution < -0.4 is 10.5 Å². The smallest absolute Gasteiger partial charge is 0.268 e. The molecule has 0 fully saturated rings. The lowest BCUT2D eigenvalue weighted by molar-refractivity contribution is -0.117. The molecule has 0 spiro atoms. The van der Waals surface area contributed by atoms with Gasteiger partial charge in [0.1, 0.15) is 10.6 Å². The minimum Gasteiger partial charge on any atom is -0.506 e. The number of hydrogen-bond acceptors (Lipinski definition) is 5. The van der Waals surface area contributed by atoms with Gasteiger partial charge >= 0.3 is 0 Å². The molecule has 4 rings (SSSR count). The van der Waals surface area contributed by atoms with Gasteiger partial charge in [-0.3, -0.25) is 14.4 Å². The zero-order chi connectivity index (χ0) is 19.3. The van der Waals surface area contributed by atoms with Gasteiger partial charge in [-0.25, -0.2) is 0 Å². The molecule has 1 aliphatic rings. The summed E-state index contributed by atoms with van der Waals surface area (Å²) in [5.74, 6) is -0.993. The van der Waals surface area contributed by atoms with Crippen molar-refractivity contribution >= 4 is 40.0 Å². The summed E-state index contributed by atoms with van der Waals surface area (Å²) in [5, 5.41) is 10.0. The molecule has 1 atom stereocenters. The normalized spacial score (nSPS) is 16.7. The zero-order valence-corrected chi connectivity index (χ0v) is 15.5. The average Bonchev–Trinajstić information content (AvgIpc) is 2.70. The van der Waals surface area contributed by atoms with E-state index in [1.54, 1.807) is 62.6 Å². The summed E-state index contributed by atoms with van der Waals surface area (Å²) in [6.07, 6.45) is 0. The molecule has 6 nitrogen and oxygen atoms in total. The van der Waals surface area contributed by atoms with E-state index in [0.29, 0.717) is 22.2 Å². The Hall–Kier alpha value is -3.06. The van der Waals surface area contributed by atoms with Gasteiger partial charge in [0, 0.05) is 25.0 Å². The van der Waals surface area contributed by atoms with Crippen molar-refractivity contribution in [3.8, 4) is 5.75 Å². The van der Waals surface area contributed by atoms with Crippen LogP contribution in [0.1, 0.15) is 10.4 Å². The fraction of sp³-hybridized carbons (Fsp3) is 0.150. The van der Waals surface area contributed by atoms with Gasteiger partial charge in [-0.15, -0.1) is 0 Å². The van der Waals surface area contributed by atoms with Crippen LogP contribution >= 0.6 is 11.8 Å². The first-order valence-corrected chi connectivity index (χ1v) is 9.18. The Bertz CT molecular complexity index is 1170. The number of carbonyl (C=O) groups is 2. The van der Waals surface area contributed by atoms with Crippen LogP contribution in [0.15, 0.2) is 58.2 Å². The molecule has 2 heterocycles. The SMILES string of the molecule is CN1C(=O)C(Sc2c(O)c3ccccc3n(C)c2=O)C(=O)c2ccccc21. The standard InChI is InChI=1S/C20H16N2O4S/c1-21-13-9-5-3-7-11(13)15(23)17(19(21)25)27-18-16(24)12-8-4-6-10-14(12)22(2)20(18)26/h3-10,17,24H,1-2H3. The molecule has 0 bridgehead atoms. The number of anilines is 1. The first-order chi connectivity index (χ1) is 12.9. The molecule has 1 aromatic heterocycles. The van der Waals surface area contributed by atoms with Crippen molar-refractivity contribution in [2.45, 2.75) is 10.1 Å². The Balaban J connectivity index is 1.85. The number of fused-ring (bicyclic) bond motifs is 2. The maximum Gasteiger partial charge on any atom is 0.268 e. The number of rotatable bonds is 2. The van der Waals surface area contributed by atoms with Gasteiger partial charge in [0.2, 0.25) is 5.91 Å². The third-order valence-corrected chi connectivity index (χ3v) is 6.05. The van der Waals surface area contributed by atoms with E-state index in [0.717, 1.165) is 11.8 Å². The molecule has 2 aromatic carbocycles. The Morgan fingerprint density at radius 3 is 2.41 bits per heavy atom. The summed E-state index contributed by atoms with van der Waals surface area (Å²) < 4.78 is 1.41. The van der Waals surface area contributed by atoms with Crippen molar-refractivity contribution < 1.29 is 14.7 Å². The summed E-state index contributed by atoms with van der Waals surface area (Å²) in [4.78, 5) is 39.8. The minimum absolute atomic E-state index is 0.00400. The second kappa shape index (κ2) is 6.28. The molecular formula is C20H16N2O4S. The molecule has 1 unspecified atom stereocenters. The van der Waals surface area contributed by atoms with Crippen LogP contribution in [-0.4, -0.2) is 33.7 Å². The molecule has 3 aromatic rings. The number of aryl methyl sites for hydroxylation is 1. The van der Waals surface area contributed by atoms with E-state index in [-0.39, 0.29) is 16.4 Å². The average molecular weight is 380 g/mol. The lowest BCUT2D eigenvalue weighted by atomic mass is 10.00. The maximum atomic E-state index is 12.9. The van der Waals surface area contributed by atoms with E-state index >= 15 is 0 Å². The quantitative estimate of drug-likeness (QED) is 0.691. The number of pyridine rings is 1. The van der Waals surface area contributed by atoms with Gasteiger partial charge in [0.05, 0.1) is 11.2 Å². The molecule has 1 amide bonds. The van der Waals surface area contributed by atoms with E-state index in [2.05, 4.69) is 0 Å². The van der Waals surface area contributed by atoms with Gasteiger partial charge in [-0.2, -0.15) is 0 Å². The number of carbonyl (C=O) groups excluding carboxylic acids is 2. The van der Waals surface area contributed by atoms with Crippen molar-refractivity contribution in [1.82, 2.24) is 4.57 Å². The first-order valence-electron chi connectivity index (χ1n) is 8.30. The predicted octanol–water partition coefficient (Wildman–Crippen LogP) is 2.56. The zero-order valence-electron chi connectivity index (χ0n) is 14.7. The van der Waals surface area contributed by atoms with Crippen LogP contribution in [-0.2, 0) is 11.8 Å². The number of para-hydroxylation sites is 2. The summed E-state index contributed by atoms with van der Waals surface area (Å²) in [7, 11) is 3.19. The van der Waals surface area contributed by atoms with E-state index in [9.17, 15) is 19.5 Å². The molecule has 0 aliphatic carbocycles. The monoisotopic (exact) mass is 380 g/mol. The molecule has 136 valence electrons. The molecule has 27 heavy (non-hydrogen) atoms. The third kappa shape index (κ3) is 2.54. The first kappa shape index (κ1) is 17.4. The summed E-state index contributed by atoms with van der Waals surface area (Å²) in [6, 6.07) is 13.8. The lowest BCUT2D eigenvalue weighted by Crippen LogP contribution is -2.44. The van der Waals surface area contributed by atoms with E-state index in [4.69, 9.17) is 0 Å². The fourth-order valence-electron chi connectivity index (χ4n) is 3.30. The van der Waals surface area contributed by atoms with Crippen molar-refractivity contribution in [3.05, 3.63) is 64.4 Å². The Morgan fingerprint density at radius 1 is 0.963 bits per heavy atom. The van der Waals surface area contributed by atoms with Crippen LogP contribution in [0.5, 0.6) is 5.75 Å². The number of aromatic hydroxyl groups is 1. The van der Waals surface area contributed by atoms with Crippen LogP contribution in [0.4, 0.5) is 5.69 Å². The van der Waals surface area contributed by atoms with Gasteiger partial charge in [0.15, 0.2) is 11.0 Å². The van der Waals surface area contributed by atoms with Crippen LogP contribution in [0.3, 0.4) is 0 Å². The number of aromatic nitrogens is 1. The van der Waals surface area contributed by atoms with Crippen molar-refractivity contribution in [1.29, 1.82) is 0 Å². The predicted molar refractivity (Wildman–Crippen MR) is 105 cm³/mol. The van der Waals surface area contributed by atoms with Crippen LogP contribution in [0, 0.1) is 0 Å². The second-order valence-electron chi connectivity index (χ2n) is 6.34. The van der Waals surface area contributed by atoms with Crippen LogP contribution in [0.25, 0.3) is 10.9 Å². The number of nitrogens with zero attached hydrogens (tertiary/aromatic N) is 2. The number of thioether (sulfide) groups is 1. The van der Waals surface area contributed by atoms with E-state index in [1.165, 1.54) is 9.47 Å². The molecule has 0 saturated carbocycles. The Morgan fingerprint density at radius 2 is 1.63 bits per heavy atom. The summed E-state index contributed by atoms with van der Waals surface area (Å²) >= 11 is 0.806. The van der Waals surface area contributed by atoms with Gasteiger partial charge in [-0.1, -0.05) is 36.0 Å². The molecule has 1 aliphatic heterocycles. The molecule has 0 saturated heterocycles. The van der Waals surface area contributed by atoms with Gasteiger partial charge in [0.25, 0.3) is 5.56 Å². The molecular weight excluding hydrogens is 364 g/mol. The largest absolute Gasteiger partial charge is 0.506 e. The number of Topliss-reactive ketones (excluding diaryl/α,β-unsaturated/α-hetero) is 1. The highest BCUT2D eigenvalue weighted by molar-refractivity contribution is 8.01. The second-order valence-corrected chi connectivity index (χ2v) is 7.45. The number of amides is 1. The van der Waals surface area contributed by atoms with E-state index in [1.807, 2.05) is 0 Å². The molecule has 0 radical (unpaired) electrons. The van der Waals surface area contributed by atoms with Crippen molar-refractivity contribution in [2.24, 2.45) is 7.05 Å². The third-order valence-electron chi connectivity index (χ3n) is 4.79. The Kier molecular flexibility index (Phi) is 4.04. The highest BCUT2D eigenvalue weighted by Gasteiger charge is 2.39. The minimum atomic E-state index is -1.12. The lowest BCUT2D eigenvalue weighted by Gasteiger charge is -2.30. The van der Waals surface area contributed by atoms with Gasteiger partial charge < -0.3 is 14.6 Å². The fourth-order valence-corrected chi connectivity index (χ4v) is 4.49. The summed E-state index contributed by atoms with van der Waals surface area (Å²) in [5.41, 5.74) is 1.10. The number of ketones is 1. The highest BCUT2D eigenvalue weighted by Crippen LogP contribution is 2.39. The van der Waals surface area contributed by atoms with Crippen LogP contribution in [0.2, 0.25) is 0 Å². The van der Waals surface area contributed by atoms with Crippen molar-refractivity contribution in [3.63, 3.8) is 0 Å². The van der Waals surface area contributed by atoms with Gasteiger partial charge in [-0.05, 0) is 24.3 Å². The van der Waals surface area contributed by atoms with Crippen molar-refractivity contribution in [2.75, 3.05) is 11.9 Å². The highest BCUT2D eigenvalue weighted by atomic mass is 32.2. The molecule has 1 N–H and O–H groups in total. The van der Waals surface area contributed by atoms with E-state index < -0.39 is 16.7 Å². The summed E-state index contributed by atoms with van der Waals surface area (Å²) in [6.45, 7) is 0. The Labute approximate surface area is 159 Å². The topological polar surface area (TPSA) is 79.6 Å². The number of hydrogen-bond donors (Lipinski definition) is 1. The maximum absolute atomic E-state index is 12.9.